The summed E-state index contributed by atoms with van der Waals surface area (Å²) >= 11 is 1.22. The Labute approximate surface area is 129 Å². The molecule has 0 aliphatic heterocycles. The summed E-state index contributed by atoms with van der Waals surface area (Å²) in [7, 11) is 0. The highest BCUT2D eigenvalue weighted by Gasteiger charge is 2.28. The average Bonchev–Trinajstić information content (AvgIpc) is 3.15. The first-order valence-corrected chi connectivity index (χ1v) is 8.11. The lowest BCUT2D eigenvalue weighted by atomic mass is 9.88. The van der Waals surface area contributed by atoms with Crippen molar-refractivity contribution >= 4 is 28.3 Å². The van der Waals surface area contributed by atoms with Crippen LogP contribution in [0.25, 0.3) is 0 Å². The highest BCUT2D eigenvalue weighted by atomic mass is 32.1. The second kappa shape index (κ2) is 6.62. The number of aromatic nitrogens is 1. The molecule has 6 nitrogen and oxygen atoms in total. The maximum atomic E-state index is 12.2. The summed E-state index contributed by atoms with van der Waals surface area (Å²) in [6.45, 7) is 5.16. The fourth-order valence-corrected chi connectivity index (χ4v) is 2.80. The highest BCUT2D eigenvalue weighted by Crippen LogP contribution is 2.30. The molecule has 1 aliphatic rings. The molecule has 5 N–H and O–H groups in total. The van der Waals surface area contributed by atoms with Crippen molar-refractivity contribution in [3.63, 3.8) is 0 Å². The van der Waals surface area contributed by atoms with Crippen molar-refractivity contribution in [2.45, 2.75) is 45.6 Å². The minimum absolute atomic E-state index is 0.0335. The number of nitrogens with one attached hydrogen (secondary N) is 2. The molecule has 0 aromatic carbocycles. The van der Waals surface area contributed by atoms with Crippen molar-refractivity contribution in [1.29, 1.82) is 0 Å². The van der Waals surface area contributed by atoms with Crippen LogP contribution in [-0.2, 0) is 0 Å². The molecule has 1 saturated carbocycles. The third kappa shape index (κ3) is 4.57. The van der Waals surface area contributed by atoms with Crippen LogP contribution < -0.4 is 16.4 Å². The zero-order chi connectivity index (χ0) is 15.5. The van der Waals surface area contributed by atoms with E-state index in [9.17, 15) is 4.79 Å². The number of aliphatic hydroxyl groups is 1. The Bertz CT molecular complexity index is 497. The van der Waals surface area contributed by atoms with Gasteiger partial charge < -0.3 is 21.5 Å². The summed E-state index contributed by atoms with van der Waals surface area (Å²) in [6.07, 6.45) is 3.77. The van der Waals surface area contributed by atoms with E-state index in [2.05, 4.69) is 28.9 Å². The maximum absolute atomic E-state index is 12.2. The molecule has 0 radical (unpaired) electrons. The third-order valence-corrected chi connectivity index (χ3v) is 4.42. The first kappa shape index (κ1) is 16.0. The summed E-state index contributed by atoms with van der Waals surface area (Å²) < 4.78 is 4.08. The van der Waals surface area contributed by atoms with Crippen LogP contribution in [0.3, 0.4) is 0 Å². The Balaban J connectivity index is 1.98. The van der Waals surface area contributed by atoms with E-state index in [0.717, 1.165) is 30.7 Å². The van der Waals surface area contributed by atoms with E-state index < -0.39 is 0 Å². The molecule has 1 aromatic rings. The van der Waals surface area contributed by atoms with Crippen LogP contribution in [0.5, 0.6) is 0 Å². The standard InChI is InChI=1S/C14H24N4O2S/c1-14(2,6-3-7-19)8-16-13-10(11(15)18-21-13)12(20)17-9-4-5-9/h9,16,19H,3-8H2,1-2H3,(H2,15,18)(H,17,20). The van der Waals surface area contributed by atoms with Gasteiger partial charge in [-0.15, -0.1) is 0 Å². The molecule has 7 heteroatoms. The molecule has 1 aliphatic carbocycles. The third-order valence-electron chi connectivity index (χ3n) is 3.60. The van der Waals surface area contributed by atoms with Crippen molar-refractivity contribution in [2.75, 3.05) is 24.2 Å². The number of nitrogen functional groups attached to an aromatic ring is 1. The SMILES string of the molecule is CC(C)(CCCO)CNc1snc(N)c1C(=O)NC1CC1. The molecular weight excluding hydrogens is 288 g/mol. The number of carbonyl (C=O) groups excluding carboxylic acids is 1. The van der Waals surface area contributed by atoms with E-state index in [0.29, 0.717) is 18.2 Å². The average molecular weight is 312 g/mol. The fourth-order valence-electron chi connectivity index (χ4n) is 2.09. The van der Waals surface area contributed by atoms with E-state index in [1.54, 1.807) is 0 Å². The predicted molar refractivity (Wildman–Crippen MR) is 85.6 cm³/mol. The topological polar surface area (TPSA) is 100 Å². The fraction of sp³-hybridized carbons (Fsp3) is 0.714. The van der Waals surface area contributed by atoms with Crippen LogP contribution in [-0.4, -0.2) is 34.6 Å². The smallest absolute Gasteiger partial charge is 0.258 e. The maximum Gasteiger partial charge on any atom is 0.258 e. The van der Waals surface area contributed by atoms with Gasteiger partial charge in [-0.2, -0.15) is 4.37 Å². The molecule has 118 valence electrons. The molecule has 1 amide bonds. The van der Waals surface area contributed by atoms with Crippen LogP contribution >= 0.6 is 11.5 Å². The summed E-state index contributed by atoms with van der Waals surface area (Å²) in [4.78, 5) is 12.2. The highest BCUT2D eigenvalue weighted by molar-refractivity contribution is 7.11. The van der Waals surface area contributed by atoms with Gasteiger partial charge in [-0.3, -0.25) is 4.79 Å². The van der Waals surface area contributed by atoms with Crippen LogP contribution in [0.1, 0.15) is 49.9 Å². The molecule has 1 heterocycles. The van der Waals surface area contributed by atoms with Crippen LogP contribution in [0.4, 0.5) is 10.8 Å². The van der Waals surface area contributed by atoms with Crippen molar-refractivity contribution in [3.05, 3.63) is 5.56 Å². The molecule has 1 fully saturated rings. The Morgan fingerprint density at radius 1 is 1.52 bits per heavy atom. The number of carbonyl (C=O) groups is 1. The number of nitrogens with zero attached hydrogens (tertiary/aromatic N) is 1. The van der Waals surface area contributed by atoms with E-state index in [-0.39, 0.29) is 23.7 Å². The molecular formula is C14H24N4O2S. The van der Waals surface area contributed by atoms with Crippen molar-refractivity contribution in [2.24, 2.45) is 5.41 Å². The van der Waals surface area contributed by atoms with Gasteiger partial charge in [0.2, 0.25) is 0 Å². The van der Waals surface area contributed by atoms with Gasteiger partial charge >= 0.3 is 0 Å². The molecule has 0 saturated heterocycles. The van der Waals surface area contributed by atoms with Gasteiger partial charge in [-0.25, -0.2) is 0 Å². The Morgan fingerprint density at radius 2 is 2.24 bits per heavy atom. The number of hydrogen-bond acceptors (Lipinski definition) is 6. The second-order valence-corrected chi connectivity index (χ2v) is 7.14. The van der Waals surface area contributed by atoms with Crippen molar-refractivity contribution in [1.82, 2.24) is 9.69 Å². The normalized spacial score (nSPS) is 15.0. The minimum atomic E-state index is -0.139. The first-order chi connectivity index (χ1) is 9.93. The Kier molecular flexibility index (Phi) is 5.05. The number of hydrogen-bond donors (Lipinski definition) is 4. The van der Waals surface area contributed by atoms with Crippen molar-refractivity contribution < 1.29 is 9.90 Å². The lowest BCUT2D eigenvalue weighted by molar-refractivity contribution is 0.0953. The van der Waals surface area contributed by atoms with Gasteiger partial charge in [0.05, 0.1) is 0 Å². The second-order valence-electron chi connectivity index (χ2n) is 6.36. The van der Waals surface area contributed by atoms with Gasteiger partial charge in [0.1, 0.15) is 10.6 Å². The lowest BCUT2D eigenvalue weighted by Gasteiger charge is -2.24. The van der Waals surface area contributed by atoms with E-state index in [1.165, 1.54) is 11.5 Å². The molecule has 0 spiro atoms. The first-order valence-electron chi connectivity index (χ1n) is 7.34. The van der Waals surface area contributed by atoms with Crippen LogP contribution in [0.2, 0.25) is 0 Å². The van der Waals surface area contributed by atoms with Crippen LogP contribution in [0, 0.1) is 5.41 Å². The summed E-state index contributed by atoms with van der Waals surface area (Å²) in [5.74, 6) is 0.147. The zero-order valence-electron chi connectivity index (χ0n) is 12.6. The number of rotatable bonds is 8. The van der Waals surface area contributed by atoms with Gasteiger partial charge in [0, 0.05) is 19.2 Å². The zero-order valence-corrected chi connectivity index (χ0v) is 13.4. The monoisotopic (exact) mass is 312 g/mol. The Hall–Kier alpha value is -1.34. The van der Waals surface area contributed by atoms with E-state index in [4.69, 9.17) is 10.8 Å². The molecule has 0 unspecified atom stereocenters. The van der Waals surface area contributed by atoms with Crippen LogP contribution in [0.15, 0.2) is 0 Å². The summed E-state index contributed by atoms with van der Waals surface area (Å²) in [6, 6.07) is 0.297. The molecule has 1 aromatic heterocycles. The van der Waals surface area contributed by atoms with E-state index in [1.807, 2.05) is 0 Å². The number of aliphatic hydroxyl groups excluding tert-OH is 1. The molecule has 21 heavy (non-hydrogen) atoms. The molecule has 2 rings (SSSR count). The Morgan fingerprint density at radius 3 is 2.86 bits per heavy atom. The van der Waals surface area contributed by atoms with Crippen molar-refractivity contribution in [3.8, 4) is 0 Å². The summed E-state index contributed by atoms with van der Waals surface area (Å²) in [5.41, 5.74) is 6.32. The minimum Gasteiger partial charge on any atom is -0.396 e. The van der Waals surface area contributed by atoms with E-state index >= 15 is 0 Å². The molecule has 0 atom stereocenters. The number of amides is 1. The predicted octanol–water partition coefficient (Wildman–Crippen LogP) is 1.83. The van der Waals surface area contributed by atoms with Gasteiger partial charge in [-0.05, 0) is 42.6 Å². The largest absolute Gasteiger partial charge is 0.396 e. The molecule has 0 bridgehead atoms. The van der Waals surface area contributed by atoms with Gasteiger partial charge in [0.25, 0.3) is 5.91 Å². The number of anilines is 2. The number of nitrogens with two attached hydrogens (primary N) is 1. The van der Waals surface area contributed by atoms with Gasteiger partial charge in [0.15, 0.2) is 5.82 Å². The lowest BCUT2D eigenvalue weighted by Crippen LogP contribution is -2.28. The quantitative estimate of drug-likeness (QED) is 0.587. The van der Waals surface area contributed by atoms with Gasteiger partial charge in [-0.1, -0.05) is 13.8 Å². The summed E-state index contributed by atoms with van der Waals surface area (Å²) in [5, 5.41) is 15.9.